The van der Waals surface area contributed by atoms with Crippen molar-refractivity contribution in [2.24, 2.45) is 17.6 Å². The van der Waals surface area contributed by atoms with Crippen molar-refractivity contribution < 1.29 is 0 Å². The molecule has 1 fully saturated rings. The van der Waals surface area contributed by atoms with Crippen molar-refractivity contribution >= 4 is 0 Å². The van der Waals surface area contributed by atoms with Gasteiger partial charge in [0.2, 0.25) is 0 Å². The first-order valence-electron chi connectivity index (χ1n) is 7.26. The van der Waals surface area contributed by atoms with Crippen molar-refractivity contribution in [3.05, 3.63) is 35.9 Å². The van der Waals surface area contributed by atoms with Gasteiger partial charge in [-0.3, -0.25) is 4.90 Å². The fraction of sp³-hybridized carbons (Fsp3) is 0.625. The summed E-state index contributed by atoms with van der Waals surface area (Å²) >= 11 is 0. The van der Waals surface area contributed by atoms with Gasteiger partial charge in [-0.15, -0.1) is 0 Å². The highest BCUT2D eigenvalue weighted by Gasteiger charge is 2.32. The zero-order chi connectivity index (χ0) is 13.0. The minimum Gasteiger partial charge on any atom is -0.327 e. The molecule has 0 amide bonds. The lowest BCUT2D eigenvalue weighted by atomic mass is 9.81. The first-order valence-corrected chi connectivity index (χ1v) is 7.26. The Morgan fingerprint density at radius 3 is 2.11 bits per heavy atom. The van der Waals surface area contributed by atoms with Crippen molar-refractivity contribution in [2.75, 3.05) is 13.1 Å². The number of hydrogen-bond donors (Lipinski definition) is 1. The molecule has 0 radical (unpaired) electrons. The van der Waals surface area contributed by atoms with Crippen LogP contribution in [-0.2, 0) is 6.54 Å². The third-order valence-electron chi connectivity index (χ3n) is 4.37. The molecule has 1 aromatic rings. The highest BCUT2D eigenvalue weighted by molar-refractivity contribution is 5.14. The van der Waals surface area contributed by atoms with Gasteiger partial charge in [0.1, 0.15) is 0 Å². The van der Waals surface area contributed by atoms with Crippen LogP contribution in [-0.4, -0.2) is 24.0 Å². The summed E-state index contributed by atoms with van der Waals surface area (Å²) in [5.41, 5.74) is 7.79. The fourth-order valence-corrected chi connectivity index (χ4v) is 3.14. The van der Waals surface area contributed by atoms with Crippen LogP contribution in [0.5, 0.6) is 0 Å². The van der Waals surface area contributed by atoms with Gasteiger partial charge >= 0.3 is 0 Å². The molecule has 1 aliphatic rings. The molecule has 100 valence electrons. The molecular formula is C16H26N2. The van der Waals surface area contributed by atoms with Crippen molar-refractivity contribution in [1.82, 2.24) is 4.90 Å². The van der Waals surface area contributed by atoms with E-state index < -0.39 is 0 Å². The van der Waals surface area contributed by atoms with Crippen LogP contribution in [0.2, 0.25) is 0 Å². The zero-order valence-electron chi connectivity index (χ0n) is 11.7. The molecule has 2 nitrogen and oxygen atoms in total. The third-order valence-corrected chi connectivity index (χ3v) is 4.37. The van der Waals surface area contributed by atoms with Gasteiger partial charge in [0, 0.05) is 25.7 Å². The Balaban J connectivity index is 2.01. The van der Waals surface area contributed by atoms with Gasteiger partial charge in [0.15, 0.2) is 0 Å². The van der Waals surface area contributed by atoms with Crippen molar-refractivity contribution in [1.29, 1.82) is 0 Å². The van der Waals surface area contributed by atoms with Crippen LogP contribution in [0.25, 0.3) is 0 Å². The quantitative estimate of drug-likeness (QED) is 0.885. The molecule has 0 saturated carbocycles. The molecular weight excluding hydrogens is 220 g/mol. The van der Waals surface area contributed by atoms with E-state index in [9.17, 15) is 0 Å². The van der Waals surface area contributed by atoms with Gasteiger partial charge in [-0.1, -0.05) is 57.0 Å². The maximum atomic E-state index is 6.37. The van der Waals surface area contributed by atoms with E-state index in [1.807, 2.05) is 0 Å². The molecule has 0 aliphatic carbocycles. The van der Waals surface area contributed by atoms with E-state index in [1.165, 1.54) is 18.4 Å². The second kappa shape index (κ2) is 6.35. The number of likely N-dealkylation sites (tertiary alicyclic amines) is 1. The predicted molar refractivity (Wildman–Crippen MR) is 77.3 cm³/mol. The van der Waals surface area contributed by atoms with Crippen LogP contribution in [0.15, 0.2) is 30.3 Å². The van der Waals surface area contributed by atoms with Gasteiger partial charge in [-0.2, -0.15) is 0 Å². The number of piperidine rings is 1. The summed E-state index contributed by atoms with van der Waals surface area (Å²) in [6.07, 6.45) is 2.39. The topological polar surface area (TPSA) is 29.3 Å². The highest BCUT2D eigenvalue weighted by atomic mass is 15.1. The van der Waals surface area contributed by atoms with Gasteiger partial charge in [0.05, 0.1) is 0 Å². The van der Waals surface area contributed by atoms with E-state index in [2.05, 4.69) is 49.1 Å². The maximum absolute atomic E-state index is 6.37. The average Bonchev–Trinajstić information content (AvgIpc) is 2.41. The van der Waals surface area contributed by atoms with Crippen LogP contribution in [0.4, 0.5) is 0 Å². The highest BCUT2D eigenvalue weighted by Crippen LogP contribution is 2.26. The Hall–Kier alpha value is -0.860. The van der Waals surface area contributed by atoms with Crippen molar-refractivity contribution in [3.8, 4) is 0 Å². The monoisotopic (exact) mass is 246 g/mol. The summed E-state index contributed by atoms with van der Waals surface area (Å²) < 4.78 is 0. The largest absolute Gasteiger partial charge is 0.327 e. The molecule has 2 rings (SSSR count). The van der Waals surface area contributed by atoms with E-state index >= 15 is 0 Å². The summed E-state index contributed by atoms with van der Waals surface area (Å²) in [5.74, 6) is 1.32. The Kier molecular flexibility index (Phi) is 4.79. The van der Waals surface area contributed by atoms with E-state index in [4.69, 9.17) is 5.73 Å². The number of benzene rings is 1. The lowest BCUT2D eigenvalue weighted by Crippen LogP contribution is -2.52. The minimum atomic E-state index is 0.395. The van der Waals surface area contributed by atoms with Crippen molar-refractivity contribution in [3.63, 3.8) is 0 Å². The SMILES string of the molecule is CCC1CN(Cc2ccccc2)CC(CC)C1N. The average molecular weight is 246 g/mol. The summed E-state index contributed by atoms with van der Waals surface area (Å²) in [6, 6.07) is 11.2. The number of nitrogens with two attached hydrogens (primary N) is 1. The Bertz CT molecular complexity index is 335. The van der Waals surface area contributed by atoms with Crippen LogP contribution >= 0.6 is 0 Å². The van der Waals surface area contributed by atoms with E-state index in [0.717, 1.165) is 19.6 Å². The van der Waals surface area contributed by atoms with E-state index in [1.54, 1.807) is 0 Å². The Morgan fingerprint density at radius 1 is 1.06 bits per heavy atom. The lowest BCUT2D eigenvalue weighted by molar-refractivity contribution is 0.0914. The number of nitrogens with zero attached hydrogens (tertiary/aromatic N) is 1. The smallest absolute Gasteiger partial charge is 0.0233 e. The third kappa shape index (κ3) is 3.12. The second-order valence-electron chi connectivity index (χ2n) is 5.59. The summed E-state index contributed by atoms with van der Waals surface area (Å²) in [7, 11) is 0. The normalized spacial score (nSPS) is 29.4. The second-order valence-corrected chi connectivity index (χ2v) is 5.59. The molecule has 1 aliphatic heterocycles. The Morgan fingerprint density at radius 2 is 1.61 bits per heavy atom. The minimum absolute atomic E-state index is 0.395. The van der Waals surface area contributed by atoms with Crippen LogP contribution < -0.4 is 5.73 Å². The number of rotatable bonds is 4. The van der Waals surface area contributed by atoms with Gasteiger partial charge < -0.3 is 5.73 Å². The molecule has 1 heterocycles. The molecule has 1 aromatic carbocycles. The standard InChI is InChI=1S/C16H26N2/c1-3-14-11-18(12-15(4-2)16(14)17)10-13-8-6-5-7-9-13/h5-9,14-16H,3-4,10-12,17H2,1-2H3. The van der Waals surface area contributed by atoms with Crippen LogP contribution in [0.3, 0.4) is 0 Å². The van der Waals surface area contributed by atoms with Crippen LogP contribution in [0, 0.1) is 11.8 Å². The maximum Gasteiger partial charge on any atom is 0.0233 e. The Labute approximate surface area is 111 Å². The molecule has 0 bridgehead atoms. The molecule has 2 atom stereocenters. The molecule has 2 N–H and O–H groups in total. The molecule has 2 unspecified atom stereocenters. The molecule has 1 saturated heterocycles. The fourth-order valence-electron chi connectivity index (χ4n) is 3.14. The first-order chi connectivity index (χ1) is 8.74. The van der Waals surface area contributed by atoms with Gasteiger partial charge in [-0.05, 0) is 17.4 Å². The molecule has 2 heteroatoms. The molecule has 18 heavy (non-hydrogen) atoms. The zero-order valence-corrected chi connectivity index (χ0v) is 11.7. The number of hydrogen-bond acceptors (Lipinski definition) is 2. The summed E-state index contributed by atoms with van der Waals surface area (Å²) in [5, 5.41) is 0. The van der Waals surface area contributed by atoms with Gasteiger partial charge in [-0.25, -0.2) is 0 Å². The van der Waals surface area contributed by atoms with Crippen molar-refractivity contribution in [2.45, 2.75) is 39.3 Å². The van der Waals surface area contributed by atoms with Crippen LogP contribution in [0.1, 0.15) is 32.3 Å². The lowest BCUT2D eigenvalue weighted by Gasteiger charge is -2.42. The van der Waals surface area contributed by atoms with E-state index in [0.29, 0.717) is 17.9 Å². The molecule has 0 aromatic heterocycles. The predicted octanol–water partition coefficient (Wildman–Crippen LogP) is 2.88. The summed E-state index contributed by atoms with van der Waals surface area (Å²) in [6.45, 7) is 7.92. The molecule has 0 spiro atoms. The van der Waals surface area contributed by atoms with E-state index in [-0.39, 0.29) is 0 Å². The van der Waals surface area contributed by atoms with Gasteiger partial charge in [0.25, 0.3) is 0 Å². The summed E-state index contributed by atoms with van der Waals surface area (Å²) in [4.78, 5) is 2.58. The first kappa shape index (κ1) is 13.6.